The first kappa shape index (κ1) is 18.5. The van der Waals surface area contributed by atoms with Crippen molar-refractivity contribution in [3.63, 3.8) is 0 Å². The molecule has 1 fully saturated rings. The van der Waals surface area contributed by atoms with E-state index in [1.807, 2.05) is 17.0 Å². The predicted molar refractivity (Wildman–Crippen MR) is 100 cm³/mol. The van der Waals surface area contributed by atoms with E-state index in [1.165, 1.54) is 11.2 Å². The Morgan fingerprint density at radius 3 is 2.85 bits per heavy atom. The topological polar surface area (TPSA) is 73.1 Å². The lowest BCUT2D eigenvalue weighted by molar-refractivity contribution is -0.132. The van der Waals surface area contributed by atoms with Gasteiger partial charge in [0.2, 0.25) is 5.91 Å². The average Bonchev–Trinajstić information content (AvgIpc) is 2.98. The van der Waals surface area contributed by atoms with E-state index in [0.717, 1.165) is 49.3 Å². The van der Waals surface area contributed by atoms with Crippen molar-refractivity contribution in [1.29, 1.82) is 5.26 Å². The lowest BCUT2D eigenvalue weighted by Gasteiger charge is -2.30. The number of hydrogen-bond donors (Lipinski definition) is 0. The second kappa shape index (κ2) is 8.88. The van der Waals surface area contributed by atoms with Gasteiger partial charge in [-0.2, -0.15) is 5.26 Å². The zero-order valence-corrected chi connectivity index (χ0v) is 15.8. The Kier molecular flexibility index (Phi) is 6.31. The van der Waals surface area contributed by atoms with Crippen molar-refractivity contribution in [2.24, 2.45) is 0 Å². The fourth-order valence-corrected chi connectivity index (χ4v) is 4.30. The molecule has 0 aliphatic carbocycles. The third-order valence-corrected chi connectivity index (χ3v) is 5.73. The molecule has 1 aliphatic heterocycles. The van der Waals surface area contributed by atoms with E-state index in [9.17, 15) is 4.79 Å². The number of nitriles is 1. The molecule has 2 aromatic rings. The third kappa shape index (κ3) is 4.87. The van der Waals surface area contributed by atoms with Gasteiger partial charge in [-0.1, -0.05) is 0 Å². The van der Waals surface area contributed by atoms with Gasteiger partial charge in [-0.15, -0.1) is 11.3 Å². The summed E-state index contributed by atoms with van der Waals surface area (Å²) in [6.07, 6.45) is 8.09. The van der Waals surface area contributed by atoms with E-state index >= 15 is 0 Å². The molecule has 1 aliphatic rings. The van der Waals surface area contributed by atoms with E-state index in [-0.39, 0.29) is 11.9 Å². The Morgan fingerprint density at radius 2 is 2.15 bits per heavy atom. The first-order valence-corrected chi connectivity index (χ1v) is 9.69. The molecule has 7 heteroatoms. The summed E-state index contributed by atoms with van der Waals surface area (Å²) in [6, 6.07) is 6.38. The molecule has 26 heavy (non-hydrogen) atoms. The molecule has 1 amide bonds. The molecular formula is C19H23N5OS. The Bertz CT molecular complexity index is 770. The molecule has 3 heterocycles. The fourth-order valence-electron chi connectivity index (χ4n) is 3.46. The molecule has 1 atom stereocenters. The SMILES string of the molecule is CC(=O)N(Cc1cncnc1)C1CCCN(Cc2ccc(C#N)s2)CC1. The molecule has 6 nitrogen and oxygen atoms in total. The Labute approximate surface area is 158 Å². The number of carbonyl (C=O) groups excluding carboxylic acids is 1. The minimum atomic E-state index is 0.101. The highest BCUT2D eigenvalue weighted by atomic mass is 32.1. The minimum Gasteiger partial charge on any atom is -0.335 e. The van der Waals surface area contributed by atoms with E-state index in [1.54, 1.807) is 30.7 Å². The van der Waals surface area contributed by atoms with Gasteiger partial charge in [-0.05, 0) is 37.9 Å². The van der Waals surface area contributed by atoms with Gasteiger partial charge in [0.1, 0.15) is 17.3 Å². The minimum absolute atomic E-state index is 0.101. The van der Waals surface area contributed by atoms with Crippen molar-refractivity contribution >= 4 is 17.2 Å². The summed E-state index contributed by atoms with van der Waals surface area (Å²) in [7, 11) is 0. The molecule has 1 unspecified atom stereocenters. The number of aromatic nitrogens is 2. The lowest BCUT2D eigenvalue weighted by Crippen LogP contribution is -2.39. The molecule has 0 radical (unpaired) electrons. The van der Waals surface area contributed by atoms with E-state index in [4.69, 9.17) is 5.26 Å². The van der Waals surface area contributed by atoms with Crippen LogP contribution in [0.4, 0.5) is 0 Å². The molecule has 0 aromatic carbocycles. The first-order valence-electron chi connectivity index (χ1n) is 8.88. The standard InChI is InChI=1S/C19H23N5OS/c1-15(25)24(12-16-10-21-14-22-11-16)17-3-2-7-23(8-6-17)13-19-5-4-18(9-20)26-19/h4-5,10-11,14,17H,2-3,6-8,12-13H2,1H3. The monoisotopic (exact) mass is 369 g/mol. The zero-order valence-electron chi connectivity index (χ0n) is 15.0. The maximum Gasteiger partial charge on any atom is 0.219 e. The highest BCUT2D eigenvalue weighted by molar-refractivity contribution is 7.12. The van der Waals surface area contributed by atoms with Crippen LogP contribution in [-0.4, -0.2) is 44.8 Å². The summed E-state index contributed by atoms with van der Waals surface area (Å²) in [5.41, 5.74) is 0.964. The molecular weight excluding hydrogens is 346 g/mol. The molecule has 0 spiro atoms. The van der Waals surface area contributed by atoms with Crippen LogP contribution in [0, 0.1) is 11.3 Å². The molecule has 2 aromatic heterocycles. The van der Waals surface area contributed by atoms with Gasteiger partial charge in [-0.3, -0.25) is 9.69 Å². The lowest BCUT2D eigenvalue weighted by atomic mass is 10.1. The summed E-state index contributed by atoms with van der Waals surface area (Å²) in [5.74, 6) is 0.101. The summed E-state index contributed by atoms with van der Waals surface area (Å²) in [5, 5.41) is 8.97. The normalized spacial score (nSPS) is 18.1. The predicted octanol–water partition coefficient (Wildman–Crippen LogP) is 2.81. The van der Waals surface area contributed by atoms with Crippen LogP contribution in [0.1, 0.15) is 41.5 Å². The average molecular weight is 369 g/mol. The summed E-state index contributed by atoms with van der Waals surface area (Å²) in [6.45, 7) is 5.07. The molecule has 3 rings (SSSR count). The summed E-state index contributed by atoms with van der Waals surface area (Å²) in [4.78, 5) is 26.7. The number of hydrogen-bond acceptors (Lipinski definition) is 6. The van der Waals surface area contributed by atoms with Crippen molar-refractivity contribution in [3.05, 3.63) is 46.2 Å². The van der Waals surface area contributed by atoms with Crippen LogP contribution in [0.2, 0.25) is 0 Å². The van der Waals surface area contributed by atoms with E-state index in [2.05, 4.69) is 20.9 Å². The van der Waals surface area contributed by atoms with Crippen LogP contribution < -0.4 is 0 Å². The second-order valence-corrected chi connectivity index (χ2v) is 7.80. The maximum absolute atomic E-state index is 12.2. The number of thiophene rings is 1. The summed E-state index contributed by atoms with van der Waals surface area (Å²) < 4.78 is 0. The largest absolute Gasteiger partial charge is 0.335 e. The Morgan fingerprint density at radius 1 is 1.35 bits per heavy atom. The molecule has 0 N–H and O–H groups in total. The van der Waals surface area contributed by atoms with Gasteiger partial charge < -0.3 is 4.90 Å². The van der Waals surface area contributed by atoms with Crippen LogP contribution in [-0.2, 0) is 17.9 Å². The van der Waals surface area contributed by atoms with Gasteiger partial charge in [0.15, 0.2) is 0 Å². The van der Waals surface area contributed by atoms with Crippen molar-refractivity contribution in [3.8, 4) is 6.07 Å². The highest BCUT2D eigenvalue weighted by Gasteiger charge is 2.25. The van der Waals surface area contributed by atoms with Crippen LogP contribution in [0.15, 0.2) is 30.9 Å². The van der Waals surface area contributed by atoms with Gasteiger partial charge in [0.25, 0.3) is 0 Å². The van der Waals surface area contributed by atoms with Gasteiger partial charge in [0.05, 0.1) is 0 Å². The van der Waals surface area contributed by atoms with Crippen molar-refractivity contribution in [2.75, 3.05) is 13.1 Å². The van der Waals surface area contributed by atoms with Gasteiger partial charge >= 0.3 is 0 Å². The third-order valence-electron chi connectivity index (χ3n) is 4.75. The van der Waals surface area contributed by atoms with Crippen molar-refractivity contribution in [1.82, 2.24) is 19.8 Å². The Hall–Kier alpha value is -2.30. The summed E-state index contributed by atoms with van der Waals surface area (Å²) >= 11 is 1.57. The number of likely N-dealkylation sites (tertiary alicyclic amines) is 1. The van der Waals surface area contributed by atoms with Crippen LogP contribution >= 0.6 is 11.3 Å². The zero-order chi connectivity index (χ0) is 18.4. The van der Waals surface area contributed by atoms with Gasteiger partial charge in [0, 0.05) is 55.4 Å². The Balaban J connectivity index is 1.60. The van der Waals surface area contributed by atoms with Crippen LogP contribution in [0.5, 0.6) is 0 Å². The molecule has 0 bridgehead atoms. The smallest absolute Gasteiger partial charge is 0.219 e. The number of amides is 1. The van der Waals surface area contributed by atoms with Crippen LogP contribution in [0.3, 0.4) is 0 Å². The number of nitrogens with zero attached hydrogens (tertiary/aromatic N) is 5. The molecule has 136 valence electrons. The van der Waals surface area contributed by atoms with E-state index < -0.39 is 0 Å². The molecule has 0 saturated carbocycles. The maximum atomic E-state index is 12.2. The number of carbonyl (C=O) groups is 1. The second-order valence-electron chi connectivity index (χ2n) is 6.63. The van der Waals surface area contributed by atoms with Crippen molar-refractivity contribution < 1.29 is 4.79 Å². The van der Waals surface area contributed by atoms with Gasteiger partial charge in [-0.25, -0.2) is 9.97 Å². The molecule has 1 saturated heterocycles. The van der Waals surface area contributed by atoms with Crippen molar-refractivity contribution in [2.45, 2.75) is 45.3 Å². The first-order chi connectivity index (χ1) is 12.7. The highest BCUT2D eigenvalue weighted by Crippen LogP contribution is 2.22. The number of rotatable bonds is 5. The van der Waals surface area contributed by atoms with Crippen LogP contribution in [0.25, 0.3) is 0 Å². The van der Waals surface area contributed by atoms with E-state index in [0.29, 0.717) is 6.54 Å². The fraction of sp³-hybridized carbons (Fsp3) is 0.474. The quantitative estimate of drug-likeness (QED) is 0.810.